The number of benzene rings is 1. The third-order valence-electron chi connectivity index (χ3n) is 2.74. The van der Waals surface area contributed by atoms with Gasteiger partial charge in [0.25, 0.3) is 0 Å². The lowest BCUT2D eigenvalue weighted by Gasteiger charge is -2.19. The Morgan fingerprint density at radius 1 is 1.17 bits per heavy atom. The van der Waals surface area contributed by atoms with Crippen LogP contribution in [-0.4, -0.2) is 6.54 Å². The standard InChI is InChI=1S/C14H15Cl2NS/c1-3-17-14(12-8-7-9(2)18-12)13-10(15)5-4-6-11(13)16/h4-8,14,17H,3H2,1-2H3. The molecule has 96 valence electrons. The van der Waals surface area contributed by atoms with Crippen molar-refractivity contribution in [1.29, 1.82) is 0 Å². The Hall–Kier alpha value is -0.540. The molecule has 0 fully saturated rings. The van der Waals surface area contributed by atoms with E-state index in [0.717, 1.165) is 12.1 Å². The third kappa shape index (κ3) is 2.89. The predicted octanol–water partition coefficient (Wildman–Crippen LogP) is 5.06. The molecule has 0 aliphatic carbocycles. The van der Waals surface area contributed by atoms with Gasteiger partial charge in [0.05, 0.1) is 6.04 Å². The van der Waals surface area contributed by atoms with Gasteiger partial charge in [-0.05, 0) is 37.7 Å². The summed E-state index contributed by atoms with van der Waals surface area (Å²) in [5.41, 5.74) is 0.963. The Morgan fingerprint density at radius 3 is 2.33 bits per heavy atom. The average molecular weight is 300 g/mol. The SMILES string of the molecule is CCNC(c1ccc(C)s1)c1c(Cl)cccc1Cl. The Labute approximate surface area is 122 Å². The quantitative estimate of drug-likeness (QED) is 0.832. The Kier molecular flexibility index (Phi) is 4.68. The van der Waals surface area contributed by atoms with Gasteiger partial charge in [0.2, 0.25) is 0 Å². The summed E-state index contributed by atoms with van der Waals surface area (Å²) < 4.78 is 0. The minimum Gasteiger partial charge on any atom is -0.306 e. The van der Waals surface area contributed by atoms with Crippen LogP contribution < -0.4 is 5.32 Å². The lowest BCUT2D eigenvalue weighted by atomic mass is 10.1. The molecule has 0 amide bonds. The minimum absolute atomic E-state index is 0.0647. The maximum Gasteiger partial charge on any atom is 0.0700 e. The first kappa shape index (κ1) is 13.9. The molecule has 2 aromatic rings. The largest absolute Gasteiger partial charge is 0.306 e. The Balaban J connectivity index is 2.47. The molecule has 2 rings (SSSR count). The smallest absolute Gasteiger partial charge is 0.0700 e. The highest BCUT2D eigenvalue weighted by molar-refractivity contribution is 7.12. The van der Waals surface area contributed by atoms with Gasteiger partial charge >= 0.3 is 0 Å². The number of halogens is 2. The van der Waals surface area contributed by atoms with Gasteiger partial charge in [-0.2, -0.15) is 0 Å². The molecule has 0 bridgehead atoms. The molecule has 0 saturated carbocycles. The van der Waals surface area contributed by atoms with E-state index in [1.54, 1.807) is 11.3 Å². The minimum atomic E-state index is 0.0647. The van der Waals surface area contributed by atoms with Crippen LogP contribution in [0.2, 0.25) is 10.0 Å². The summed E-state index contributed by atoms with van der Waals surface area (Å²) in [4.78, 5) is 2.53. The first-order chi connectivity index (χ1) is 8.63. The zero-order valence-corrected chi connectivity index (χ0v) is 12.7. The molecule has 0 radical (unpaired) electrons. The molecule has 0 saturated heterocycles. The van der Waals surface area contributed by atoms with Gasteiger partial charge in [-0.25, -0.2) is 0 Å². The van der Waals surface area contributed by atoms with Crippen molar-refractivity contribution in [3.8, 4) is 0 Å². The molecular formula is C14H15Cl2NS. The summed E-state index contributed by atoms with van der Waals surface area (Å²) in [6.07, 6.45) is 0. The second kappa shape index (κ2) is 6.07. The lowest BCUT2D eigenvalue weighted by Crippen LogP contribution is -2.21. The molecule has 0 spiro atoms. The number of hydrogen-bond donors (Lipinski definition) is 1. The summed E-state index contributed by atoms with van der Waals surface area (Å²) in [5.74, 6) is 0. The molecule has 1 N–H and O–H groups in total. The highest BCUT2D eigenvalue weighted by Crippen LogP contribution is 2.36. The molecule has 1 nitrogen and oxygen atoms in total. The summed E-state index contributed by atoms with van der Waals surface area (Å²) >= 11 is 14.4. The van der Waals surface area contributed by atoms with E-state index in [0.29, 0.717) is 10.0 Å². The second-order valence-electron chi connectivity index (χ2n) is 4.07. The molecule has 0 aliphatic heterocycles. The number of thiophene rings is 1. The van der Waals surface area contributed by atoms with Crippen LogP contribution in [0.3, 0.4) is 0 Å². The molecule has 1 aromatic carbocycles. The first-order valence-electron chi connectivity index (χ1n) is 5.87. The predicted molar refractivity (Wildman–Crippen MR) is 81.0 cm³/mol. The number of nitrogens with one attached hydrogen (secondary N) is 1. The molecule has 0 aliphatic rings. The van der Waals surface area contributed by atoms with Gasteiger partial charge in [-0.1, -0.05) is 36.2 Å². The van der Waals surface area contributed by atoms with E-state index >= 15 is 0 Å². The zero-order valence-electron chi connectivity index (χ0n) is 10.3. The molecule has 1 unspecified atom stereocenters. The fourth-order valence-electron chi connectivity index (χ4n) is 1.94. The summed E-state index contributed by atoms with van der Waals surface area (Å²) in [6.45, 7) is 5.05. The number of aryl methyl sites for hydroxylation is 1. The zero-order chi connectivity index (χ0) is 13.1. The topological polar surface area (TPSA) is 12.0 Å². The fourth-order valence-corrected chi connectivity index (χ4v) is 3.52. The van der Waals surface area contributed by atoms with Crippen molar-refractivity contribution in [3.05, 3.63) is 55.7 Å². The van der Waals surface area contributed by atoms with Gasteiger partial charge in [-0.3, -0.25) is 0 Å². The van der Waals surface area contributed by atoms with Crippen molar-refractivity contribution >= 4 is 34.5 Å². The molecule has 1 heterocycles. The monoisotopic (exact) mass is 299 g/mol. The first-order valence-corrected chi connectivity index (χ1v) is 7.44. The van der Waals surface area contributed by atoms with E-state index < -0.39 is 0 Å². The average Bonchev–Trinajstić information content (AvgIpc) is 2.74. The van der Waals surface area contributed by atoms with Gasteiger partial charge in [0, 0.05) is 25.4 Å². The van der Waals surface area contributed by atoms with E-state index in [1.807, 2.05) is 18.2 Å². The van der Waals surface area contributed by atoms with E-state index in [2.05, 4.69) is 31.3 Å². The van der Waals surface area contributed by atoms with Crippen LogP contribution in [-0.2, 0) is 0 Å². The van der Waals surface area contributed by atoms with Crippen molar-refractivity contribution in [2.75, 3.05) is 6.54 Å². The van der Waals surface area contributed by atoms with Crippen LogP contribution in [0, 0.1) is 6.92 Å². The van der Waals surface area contributed by atoms with Crippen LogP contribution in [0.25, 0.3) is 0 Å². The Morgan fingerprint density at radius 2 is 1.83 bits per heavy atom. The van der Waals surface area contributed by atoms with Gasteiger partial charge < -0.3 is 5.32 Å². The molecule has 1 atom stereocenters. The van der Waals surface area contributed by atoms with Gasteiger partial charge in [0.1, 0.15) is 0 Å². The van der Waals surface area contributed by atoms with Crippen molar-refractivity contribution in [3.63, 3.8) is 0 Å². The van der Waals surface area contributed by atoms with Crippen molar-refractivity contribution in [1.82, 2.24) is 5.32 Å². The molecular weight excluding hydrogens is 285 g/mol. The van der Waals surface area contributed by atoms with Crippen LogP contribution in [0.15, 0.2) is 30.3 Å². The summed E-state index contributed by atoms with van der Waals surface area (Å²) in [6, 6.07) is 9.95. The van der Waals surface area contributed by atoms with E-state index in [-0.39, 0.29) is 6.04 Å². The highest BCUT2D eigenvalue weighted by Gasteiger charge is 2.20. The van der Waals surface area contributed by atoms with E-state index in [4.69, 9.17) is 23.2 Å². The fraction of sp³-hybridized carbons (Fsp3) is 0.286. The number of hydrogen-bond acceptors (Lipinski definition) is 2. The van der Waals surface area contributed by atoms with Crippen molar-refractivity contribution < 1.29 is 0 Å². The van der Waals surface area contributed by atoms with Gasteiger partial charge in [-0.15, -0.1) is 11.3 Å². The van der Waals surface area contributed by atoms with Crippen molar-refractivity contribution in [2.24, 2.45) is 0 Å². The normalized spacial score (nSPS) is 12.7. The highest BCUT2D eigenvalue weighted by atomic mass is 35.5. The summed E-state index contributed by atoms with van der Waals surface area (Å²) in [5, 5.41) is 4.87. The molecule has 1 aromatic heterocycles. The third-order valence-corrected chi connectivity index (χ3v) is 4.47. The van der Waals surface area contributed by atoms with Crippen LogP contribution in [0.4, 0.5) is 0 Å². The van der Waals surface area contributed by atoms with Crippen LogP contribution >= 0.6 is 34.5 Å². The number of rotatable bonds is 4. The molecule has 4 heteroatoms. The van der Waals surface area contributed by atoms with E-state index in [9.17, 15) is 0 Å². The van der Waals surface area contributed by atoms with Gasteiger partial charge in [0.15, 0.2) is 0 Å². The van der Waals surface area contributed by atoms with Crippen LogP contribution in [0.1, 0.15) is 28.3 Å². The Bertz CT molecular complexity index is 516. The van der Waals surface area contributed by atoms with E-state index in [1.165, 1.54) is 9.75 Å². The second-order valence-corrected chi connectivity index (χ2v) is 6.21. The molecule has 18 heavy (non-hydrogen) atoms. The van der Waals surface area contributed by atoms with Crippen LogP contribution in [0.5, 0.6) is 0 Å². The lowest BCUT2D eigenvalue weighted by molar-refractivity contribution is 0.640. The maximum absolute atomic E-state index is 6.30. The summed E-state index contributed by atoms with van der Waals surface area (Å²) in [7, 11) is 0. The van der Waals surface area contributed by atoms with Crippen molar-refractivity contribution in [2.45, 2.75) is 19.9 Å². The maximum atomic E-state index is 6.30.